The number of nitrogens with zero attached hydrogens (tertiary/aromatic N) is 1. The van der Waals surface area contributed by atoms with E-state index in [4.69, 9.17) is 11.6 Å². The first-order chi connectivity index (χ1) is 15.7. The molecule has 1 atom stereocenters. The van der Waals surface area contributed by atoms with Crippen LogP contribution in [0, 0.1) is 10.8 Å². The molecule has 34 heavy (non-hydrogen) atoms. The molecule has 1 heterocycles. The highest BCUT2D eigenvalue weighted by molar-refractivity contribution is 7.91. The van der Waals surface area contributed by atoms with Gasteiger partial charge < -0.3 is 14.2 Å². The number of carbonyl (C=O) groups is 1. The van der Waals surface area contributed by atoms with E-state index in [1.165, 1.54) is 5.56 Å². The third kappa shape index (κ3) is 5.99. The highest BCUT2D eigenvalue weighted by Gasteiger charge is 2.36. The van der Waals surface area contributed by atoms with Gasteiger partial charge in [-0.1, -0.05) is 64.4 Å². The average molecular weight is 502 g/mol. The lowest BCUT2D eigenvalue weighted by atomic mass is 9.88. The largest absolute Gasteiger partial charge is 0.611 e. The number of hydrogen-bond donors (Lipinski definition) is 1. The SMILES string of the molecule is CC(C)c1ccc2c(c1)c([S+]([O-])CC(C)(C)C)c(CC(C)(C)C(=O)O)n2Cc1ccc(Cl)cc1. The topological polar surface area (TPSA) is 65.3 Å². The van der Waals surface area contributed by atoms with E-state index in [1.54, 1.807) is 13.8 Å². The van der Waals surface area contributed by atoms with Gasteiger partial charge in [-0.3, -0.25) is 4.79 Å². The molecule has 0 saturated carbocycles. The molecule has 4 nitrogen and oxygen atoms in total. The zero-order chi connectivity index (χ0) is 25.4. The predicted octanol–water partition coefficient (Wildman–Crippen LogP) is 7.27. The van der Waals surface area contributed by atoms with E-state index in [0.29, 0.717) is 23.2 Å². The summed E-state index contributed by atoms with van der Waals surface area (Å²) in [5.74, 6) is -0.0440. The fourth-order valence-electron chi connectivity index (χ4n) is 4.10. The highest BCUT2D eigenvalue weighted by Crippen LogP contribution is 2.38. The number of carboxylic acids is 1. The molecule has 0 aliphatic heterocycles. The minimum atomic E-state index is -1.28. The summed E-state index contributed by atoms with van der Waals surface area (Å²) in [6.45, 7) is 14.5. The summed E-state index contributed by atoms with van der Waals surface area (Å²) < 4.78 is 16.0. The second kappa shape index (κ2) is 9.96. The average Bonchev–Trinajstić information content (AvgIpc) is 3.00. The molecule has 0 aliphatic rings. The van der Waals surface area contributed by atoms with Crippen molar-refractivity contribution < 1.29 is 14.5 Å². The molecule has 184 valence electrons. The molecule has 1 N–H and O–H groups in total. The van der Waals surface area contributed by atoms with Crippen molar-refractivity contribution in [3.63, 3.8) is 0 Å². The number of fused-ring (bicyclic) bond motifs is 1. The van der Waals surface area contributed by atoms with E-state index < -0.39 is 22.6 Å². The third-order valence-corrected chi connectivity index (χ3v) is 8.34. The van der Waals surface area contributed by atoms with Gasteiger partial charge in [-0.2, -0.15) is 0 Å². The monoisotopic (exact) mass is 501 g/mol. The molecule has 2 aromatic carbocycles. The number of aliphatic carboxylic acids is 1. The number of aromatic nitrogens is 1. The molecular weight excluding hydrogens is 466 g/mol. The van der Waals surface area contributed by atoms with Gasteiger partial charge in [-0.05, 0) is 66.3 Å². The van der Waals surface area contributed by atoms with Gasteiger partial charge in [0.05, 0.1) is 22.0 Å². The molecule has 0 radical (unpaired) electrons. The quantitative estimate of drug-likeness (QED) is 0.330. The zero-order valence-corrected chi connectivity index (χ0v) is 22.8. The van der Waals surface area contributed by atoms with Crippen molar-refractivity contribution in [2.24, 2.45) is 10.8 Å². The minimum absolute atomic E-state index is 0.134. The van der Waals surface area contributed by atoms with Crippen LogP contribution in [0.25, 0.3) is 10.9 Å². The number of halogens is 1. The van der Waals surface area contributed by atoms with E-state index in [0.717, 1.165) is 27.1 Å². The Balaban J connectivity index is 2.32. The Morgan fingerprint density at radius 1 is 1.09 bits per heavy atom. The van der Waals surface area contributed by atoms with Crippen molar-refractivity contribution in [3.8, 4) is 0 Å². The normalized spacial score (nSPS) is 13.6. The maximum atomic E-state index is 13.9. The molecule has 0 amide bonds. The smallest absolute Gasteiger partial charge is 0.309 e. The van der Waals surface area contributed by atoms with E-state index in [9.17, 15) is 14.5 Å². The maximum absolute atomic E-state index is 13.9. The molecular formula is C28H36ClNO3S. The van der Waals surface area contributed by atoms with Gasteiger partial charge in [0, 0.05) is 23.4 Å². The summed E-state index contributed by atoms with van der Waals surface area (Å²) in [4.78, 5) is 12.9. The zero-order valence-electron chi connectivity index (χ0n) is 21.2. The lowest BCUT2D eigenvalue weighted by Crippen LogP contribution is -2.29. The van der Waals surface area contributed by atoms with Crippen molar-refractivity contribution in [3.05, 3.63) is 64.3 Å². The Kier molecular flexibility index (Phi) is 7.81. The van der Waals surface area contributed by atoms with Crippen LogP contribution < -0.4 is 0 Å². The van der Waals surface area contributed by atoms with E-state index in [2.05, 4.69) is 57.4 Å². The van der Waals surface area contributed by atoms with E-state index in [1.807, 2.05) is 24.3 Å². The first-order valence-corrected chi connectivity index (χ1v) is 13.4. The Morgan fingerprint density at radius 3 is 2.24 bits per heavy atom. The molecule has 0 fully saturated rings. The van der Waals surface area contributed by atoms with Crippen LogP contribution >= 0.6 is 11.6 Å². The molecule has 0 spiro atoms. The predicted molar refractivity (Wildman–Crippen MR) is 142 cm³/mol. The summed E-state index contributed by atoms with van der Waals surface area (Å²) in [6, 6.07) is 14.0. The fourth-order valence-corrected chi connectivity index (χ4v) is 6.01. The fraction of sp³-hybridized carbons (Fsp3) is 0.464. The summed E-state index contributed by atoms with van der Waals surface area (Å²) in [5, 5.41) is 11.5. The van der Waals surface area contributed by atoms with Crippen molar-refractivity contribution in [2.45, 2.75) is 72.2 Å². The van der Waals surface area contributed by atoms with Crippen molar-refractivity contribution in [1.82, 2.24) is 4.57 Å². The van der Waals surface area contributed by atoms with Gasteiger partial charge in [0.15, 0.2) is 4.90 Å². The number of rotatable bonds is 8. The molecule has 0 saturated heterocycles. The minimum Gasteiger partial charge on any atom is -0.611 e. The van der Waals surface area contributed by atoms with Crippen LogP contribution in [0.1, 0.15) is 71.2 Å². The van der Waals surface area contributed by atoms with Crippen molar-refractivity contribution in [2.75, 3.05) is 5.75 Å². The van der Waals surface area contributed by atoms with Gasteiger partial charge in [0.1, 0.15) is 5.75 Å². The second-order valence-electron chi connectivity index (χ2n) is 11.3. The van der Waals surface area contributed by atoms with Gasteiger partial charge in [0.2, 0.25) is 0 Å². The Hall–Kier alpha value is -1.95. The first kappa shape index (κ1) is 26.7. The summed E-state index contributed by atoms with van der Waals surface area (Å²) >= 11 is 4.82. The van der Waals surface area contributed by atoms with Crippen LogP contribution in [0.15, 0.2) is 47.4 Å². The molecule has 0 bridgehead atoms. The third-order valence-electron chi connectivity index (χ3n) is 6.04. The molecule has 1 unspecified atom stereocenters. The van der Waals surface area contributed by atoms with Gasteiger partial charge >= 0.3 is 5.97 Å². The number of hydrogen-bond acceptors (Lipinski definition) is 2. The Bertz CT molecular complexity index is 1170. The number of benzene rings is 2. The standard InChI is InChI=1S/C28H36ClNO3S/c1-18(2)20-10-13-23-22(14-20)25(34(33)17-27(3,4)5)24(15-28(6,7)26(31)32)30(23)16-19-8-11-21(29)12-9-19/h8-14,18H,15-17H2,1-7H3,(H,31,32). The molecule has 6 heteroatoms. The molecule has 3 aromatic rings. The highest BCUT2D eigenvalue weighted by atomic mass is 35.5. The summed E-state index contributed by atoms with van der Waals surface area (Å²) in [6.07, 6.45) is 0.285. The van der Waals surface area contributed by atoms with Gasteiger partial charge in [0.25, 0.3) is 0 Å². The van der Waals surface area contributed by atoms with Crippen LogP contribution in [0.4, 0.5) is 0 Å². The molecule has 0 aliphatic carbocycles. The molecule has 1 aromatic heterocycles. The van der Waals surface area contributed by atoms with Crippen LogP contribution in [-0.4, -0.2) is 25.9 Å². The lowest BCUT2D eigenvalue weighted by molar-refractivity contribution is -0.146. The molecule has 3 rings (SSSR count). The van der Waals surface area contributed by atoms with Crippen LogP contribution in [-0.2, 0) is 28.9 Å². The lowest BCUT2D eigenvalue weighted by Gasteiger charge is -2.24. The van der Waals surface area contributed by atoms with Crippen LogP contribution in [0.5, 0.6) is 0 Å². The van der Waals surface area contributed by atoms with E-state index >= 15 is 0 Å². The Labute approximate surface area is 211 Å². The first-order valence-electron chi connectivity index (χ1n) is 11.7. The van der Waals surface area contributed by atoms with Crippen LogP contribution in [0.2, 0.25) is 5.02 Å². The number of carboxylic acid groups (broad SMARTS) is 1. The van der Waals surface area contributed by atoms with Gasteiger partial charge in [-0.15, -0.1) is 0 Å². The van der Waals surface area contributed by atoms with Crippen molar-refractivity contribution >= 4 is 39.6 Å². The Morgan fingerprint density at radius 2 is 1.71 bits per heavy atom. The van der Waals surface area contributed by atoms with Gasteiger partial charge in [-0.25, -0.2) is 0 Å². The van der Waals surface area contributed by atoms with E-state index in [-0.39, 0.29) is 11.8 Å². The second-order valence-corrected chi connectivity index (χ2v) is 13.2. The van der Waals surface area contributed by atoms with Crippen molar-refractivity contribution in [1.29, 1.82) is 0 Å². The van der Waals surface area contributed by atoms with Crippen LogP contribution in [0.3, 0.4) is 0 Å². The summed E-state index contributed by atoms with van der Waals surface area (Å²) in [7, 11) is 0. The maximum Gasteiger partial charge on any atom is 0.309 e. The summed E-state index contributed by atoms with van der Waals surface area (Å²) in [5.41, 5.74) is 2.90.